The highest BCUT2D eigenvalue weighted by Gasteiger charge is 2.31. The number of amides is 1. The second kappa shape index (κ2) is 8.79. The van der Waals surface area contributed by atoms with Gasteiger partial charge < -0.3 is 5.32 Å². The first kappa shape index (κ1) is 21.7. The van der Waals surface area contributed by atoms with Crippen LogP contribution < -0.4 is 5.32 Å². The van der Waals surface area contributed by atoms with Crippen LogP contribution in [0.1, 0.15) is 28.4 Å². The molecule has 0 heterocycles. The molecule has 0 aromatic heterocycles. The molecule has 3 rings (SSSR count). The molecule has 1 amide bonds. The van der Waals surface area contributed by atoms with Crippen molar-refractivity contribution in [1.82, 2.24) is 9.79 Å². The first-order valence-electron chi connectivity index (χ1n) is 9.35. The summed E-state index contributed by atoms with van der Waals surface area (Å²) in [6.45, 7) is 1.93. The van der Waals surface area contributed by atoms with E-state index in [0.717, 1.165) is 15.6 Å². The lowest BCUT2D eigenvalue weighted by molar-refractivity contribution is -0.0258. The number of hydroxylamine groups is 1. The summed E-state index contributed by atoms with van der Waals surface area (Å²) < 4.78 is 25.8. The van der Waals surface area contributed by atoms with E-state index in [9.17, 15) is 13.2 Å². The Kier molecular flexibility index (Phi) is 6.36. The van der Waals surface area contributed by atoms with Crippen molar-refractivity contribution < 1.29 is 18.0 Å². The van der Waals surface area contributed by atoms with Gasteiger partial charge in [-0.25, -0.2) is 8.42 Å². The standard InChI is InChI=1S/C23H24N2O4S/c1-23(19-12-6-4-7-13-19,20-14-8-5-9-15-20)24-22(26)18-11-10-16-21(17-18)30(27,28)25(2)29-3/h4-17H,1-3H3,(H,24,26). The molecule has 0 unspecified atom stereocenters. The van der Waals surface area contributed by atoms with E-state index in [2.05, 4.69) is 5.32 Å². The van der Waals surface area contributed by atoms with E-state index in [-0.39, 0.29) is 16.4 Å². The highest BCUT2D eigenvalue weighted by Crippen LogP contribution is 2.29. The molecule has 7 heteroatoms. The number of carbonyl (C=O) groups excluding carboxylic acids is 1. The number of hydrogen-bond donors (Lipinski definition) is 1. The predicted octanol–water partition coefficient (Wildman–Crippen LogP) is 3.56. The fourth-order valence-electron chi connectivity index (χ4n) is 3.20. The normalized spacial score (nSPS) is 12.0. The van der Waals surface area contributed by atoms with Crippen LogP contribution in [0.15, 0.2) is 89.8 Å². The average Bonchev–Trinajstić information content (AvgIpc) is 2.79. The van der Waals surface area contributed by atoms with Crippen LogP contribution in [0.25, 0.3) is 0 Å². The minimum absolute atomic E-state index is 0.0272. The molecule has 0 aliphatic carbocycles. The second-order valence-electron chi connectivity index (χ2n) is 6.94. The van der Waals surface area contributed by atoms with Crippen LogP contribution in [-0.4, -0.2) is 33.0 Å². The molecule has 3 aromatic rings. The van der Waals surface area contributed by atoms with Crippen molar-refractivity contribution >= 4 is 15.9 Å². The Hall–Kier alpha value is -3.00. The molecule has 1 N–H and O–H groups in total. The van der Waals surface area contributed by atoms with Crippen LogP contribution in [0.2, 0.25) is 0 Å². The first-order chi connectivity index (χ1) is 14.3. The van der Waals surface area contributed by atoms with Gasteiger partial charge in [0.2, 0.25) is 0 Å². The van der Waals surface area contributed by atoms with Gasteiger partial charge in [-0.2, -0.15) is 0 Å². The number of hydrogen-bond acceptors (Lipinski definition) is 4. The number of nitrogens with one attached hydrogen (secondary N) is 1. The Labute approximate surface area is 177 Å². The van der Waals surface area contributed by atoms with Crippen molar-refractivity contribution in [3.8, 4) is 0 Å². The van der Waals surface area contributed by atoms with Gasteiger partial charge >= 0.3 is 0 Å². The Balaban J connectivity index is 2.00. The summed E-state index contributed by atoms with van der Waals surface area (Å²) in [6.07, 6.45) is 0. The van der Waals surface area contributed by atoms with Crippen LogP contribution in [0.4, 0.5) is 0 Å². The van der Waals surface area contributed by atoms with Crippen molar-refractivity contribution in [3.63, 3.8) is 0 Å². The lowest BCUT2D eigenvalue weighted by Crippen LogP contribution is -2.44. The molecule has 3 aromatic carbocycles. The summed E-state index contributed by atoms with van der Waals surface area (Å²) >= 11 is 0. The van der Waals surface area contributed by atoms with E-state index in [1.165, 1.54) is 32.4 Å². The fourth-order valence-corrected chi connectivity index (χ4v) is 4.22. The predicted molar refractivity (Wildman–Crippen MR) is 115 cm³/mol. The maximum atomic E-state index is 13.2. The maximum absolute atomic E-state index is 13.2. The van der Waals surface area contributed by atoms with Crippen molar-refractivity contribution in [1.29, 1.82) is 0 Å². The largest absolute Gasteiger partial charge is 0.339 e. The van der Waals surface area contributed by atoms with E-state index in [1.54, 1.807) is 6.07 Å². The van der Waals surface area contributed by atoms with E-state index in [0.29, 0.717) is 0 Å². The average molecular weight is 425 g/mol. The molecule has 0 aliphatic rings. The maximum Gasteiger partial charge on any atom is 0.264 e. The zero-order chi connectivity index (χ0) is 21.8. The summed E-state index contributed by atoms with van der Waals surface area (Å²) in [5, 5.41) is 3.09. The van der Waals surface area contributed by atoms with Gasteiger partial charge in [0.25, 0.3) is 15.9 Å². The van der Waals surface area contributed by atoms with Crippen molar-refractivity contribution in [2.24, 2.45) is 0 Å². The second-order valence-corrected chi connectivity index (χ2v) is 8.87. The third-order valence-electron chi connectivity index (χ3n) is 5.06. The summed E-state index contributed by atoms with van der Waals surface area (Å²) in [7, 11) is -1.30. The zero-order valence-corrected chi connectivity index (χ0v) is 17.9. The summed E-state index contributed by atoms with van der Waals surface area (Å²) in [4.78, 5) is 18.0. The molecule has 0 spiro atoms. The van der Waals surface area contributed by atoms with E-state index in [4.69, 9.17) is 4.84 Å². The van der Waals surface area contributed by atoms with Gasteiger partial charge in [0.05, 0.1) is 17.5 Å². The molecule has 30 heavy (non-hydrogen) atoms. The van der Waals surface area contributed by atoms with Gasteiger partial charge in [-0.3, -0.25) is 9.63 Å². The van der Waals surface area contributed by atoms with E-state index in [1.807, 2.05) is 67.6 Å². The van der Waals surface area contributed by atoms with Gasteiger partial charge in [0.15, 0.2) is 0 Å². The highest BCUT2D eigenvalue weighted by molar-refractivity contribution is 7.89. The molecule has 0 radical (unpaired) electrons. The van der Waals surface area contributed by atoms with Gasteiger partial charge in [0, 0.05) is 12.6 Å². The molecule has 0 bridgehead atoms. The third kappa shape index (κ3) is 4.28. The topological polar surface area (TPSA) is 75.7 Å². The Morgan fingerprint density at radius 2 is 1.43 bits per heavy atom. The Morgan fingerprint density at radius 1 is 0.900 bits per heavy atom. The van der Waals surface area contributed by atoms with Crippen molar-refractivity contribution in [2.75, 3.05) is 14.2 Å². The number of sulfonamides is 1. The Bertz CT molecular complexity index is 1080. The van der Waals surface area contributed by atoms with E-state index < -0.39 is 15.6 Å². The number of rotatable bonds is 7. The first-order valence-corrected chi connectivity index (χ1v) is 10.8. The zero-order valence-electron chi connectivity index (χ0n) is 17.1. The molecule has 156 valence electrons. The molecule has 0 aliphatic heterocycles. The van der Waals surface area contributed by atoms with Crippen LogP contribution >= 0.6 is 0 Å². The monoisotopic (exact) mass is 424 g/mol. The smallest absolute Gasteiger partial charge is 0.264 e. The SMILES string of the molecule is CON(C)S(=O)(=O)c1cccc(C(=O)NC(C)(c2ccccc2)c2ccccc2)c1. The van der Waals surface area contributed by atoms with Gasteiger partial charge in [-0.1, -0.05) is 71.2 Å². The van der Waals surface area contributed by atoms with Crippen molar-refractivity contribution in [3.05, 3.63) is 102 Å². The molecule has 0 fully saturated rings. The number of carbonyl (C=O) groups is 1. The lowest BCUT2D eigenvalue weighted by atomic mass is 9.84. The molecule has 6 nitrogen and oxygen atoms in total. The summed E-state index contributed by atoms with van der Waals surface area (Å²) in [5.74, 6) is -0.387. The van der Waals surface area contributed by atoms with Crippen LogP contribution in [0.3, 0.4) is 0 Å². The quantitative estimate of drug-likeness (QED) is 0.589. The molecular weight excluding hydrogens is 400 g/mol. The summed E-state index contributed by atoms with van der Waals surface area (Å²) in [6, 6.07) is 25.2. The van der Waals surface area contributed by atoms with E-state index >= 15 is 0 Å². The van der Waals surface area contributed by atoms with Crippen LogP contribution in [0.5, 0.6) is 0 Å². The summed E-state index contributed by atoms with van der Waals surface area (Å²) in [5.41, 5.74) is 1.25. The molecular formula is C23H24N2O4S. The molecule has 0 atom stereocenters. The number of nitrogens with zero attached hydrogens (tertiary/aromatic N) is 1. The van der Waals surface area contributed by atoms with Crippen LogP contribution in [-0.2, 0) is 20.4 Å². The highest BCUT2D eigenvalue weighted by atomic mass is 32.2. The minimum atomic E-state index is -3.86. The van der Waals surface area contributed by atoms with Gasteiger partial charge in [-0.15, -0.1) is 0 Å². The van der Waals surface area contributed by atoms with Crippen molar-refractivity contribution in [2.45, 2.75) is 17.4 Å². The van der Waals surface area contributed by atoms with Gasteiger partial charge in [0.1, 0.15) is 0 Å². The minimum Gasteiger partial charge on any atom is -0.339 e. The van der Waals surface area contributed by atoms with Gasteiger partial charge in [-0.05, 0) is 36.2 Å². The number of benzene rings is 3. The van der Waals surface area contributed by atoms with Crippen LogP contribution in [0, 0.1) is 0 Å². The lowest BCUT2D eigenvalue weighted by Gasteiger charge is -2.32. The molecule has 0 saturated heterocycles. The molecule has 0 saturated carbocycles. The third-order valence-corrected chi connectivity index (χ3v) is 6.73. The Morgan fingerprint density at radius 3 is 1.93 bits per heavy atom. The fraction of sp³-hybridized carbons (Fsp3) is 0.174.